The molecular formula is C15H23N3O3. The fraction of sp³-hybridized carbons (Fsp3) is 0.467. The zero-order valence-corrected chi connectivity index (χ0v) is 12.7. The molecule has 0 radical (unpaired) electrons. The Morgan fingerprint density at radius 1 is 1.29 bits per heavy atom. The molecule has 2 amide bonds. The molecule has 116 valence electrons. The molecule has 0 aliphatic carbocycles. The summed E-state index contributed by atoms with van der Waals surface area (Å²) in [4.78, 5) is 25.2. The lowest BCUT2D eigenvalue weighted by Crippen LogP contribution is -2.53. The number of carboxylic acids is 1. The number of rotatable bonds is 7. The van der Waals surface area contributed by atoms with Gasteiger partial charge in [-0.05, 0) is 32.5 Å². The predicted octanol–water partition coefficient (Wildman–Crippen LogP) is 1.24. The van der Waals surface area contributed by atoms with E-state index in [1.807, 2.05) is 7.05 Å². The standard InChI is InChI=1S/C15H23N3O3/c1-15(13(19)20,12-8-5-4-6-9-12)17-14(21)18(3)11-7-10-16-2/h4-6,8-9,16H,7,10-11H2,1-3H3,(H,17,21)(H,19,20). The molecule has 1 aromatic carbocycles. The number of carboxylic acid groups (broad SMARTS) is 1. The van der Waals surface area contributed by atoms with Gasteiger partial charge in [0.05, 0.1) is 0 Å². The number of amides is 2. The van der Waals surface area contributed by atoms with E-state index in [-0.39, 0.29) is 0 Å². The zero-order valence-electron chi connectivity index (χ0n) is 12.7. The number of hydrogen-bond donors (Lipinski definition) is 3. The van der Waals surface area contributed by atoms with Crippen LogP contribution in [0, 0.1) is 0 Å². The minimum Gasteiger partial charge on any atom is -0.479 e. The van der Waals surface area contributed by atoms with Crippen LogP contribution in [0.4, 0.5) is 4.79 Å². The Morgan fingerprint density at radius 2 is 1.90 bits per heavy atom. The van der Waals surface area contributed by atoms with Crippen LogP contribution in [0.1, 0.15) is 18.9 Å². The molecule has 0 aliphatic heterocycles. The van der Waals surface area contributed by atoms with E-state index in [9.17, 15) is 14.7 Å². The van der Waals surface area contributed by atoms with Crippen LogP contribution in [-0.4, -0.2) is 49.2 Å². The molecule has 0 fully saturated rings. The highest BCUT2D eigenvalue weighted by atomic mass is 16.4. The van der Waals surface area contributed by atoms with Crippen LogP contribution in [0.25, 0.3) is 0 Å². The fourth-order valence-corrected chi connectivity index (χ4v) is 1.92. The molecule has 0 heterocycles. The molecule has 0 saturated carbocycles. The highest BCUT2D eigenvalue weighted by Gasteiger charge is 2.37. The van der Waals surface area contributed by atoms with E-state index < -0.39 is 17.5 Å². The Balaban J connectivity index is 2.79. The molecule has 1 unspecified atom stereocenters. The maximum absolute atomic E-state index is 12.2. The van der Waals surface area contributed by atoms with Gasteiger partial charge in [-0.15, -0.1) is 0 Å². The summed E-state index contributed by atoms with van der Waals surface area (Å²) in [5.74, 6) is -1.09. The van der Waals surface area contributed by atoms with E-state index in [4.69, 9.17) is 0 Å². The van der Waals surface area contributed by atoms with E-state index in [1.54, 1.807) is 37.4 Å². The second-order valence-corrected chi connectivity index (χ2v) is 5.10. The molecule has 1 atom stereocenters. The predicted molar refractivity (Wildman–Crippen MR) is 81.1 cm³/mol. The van der Waals surface area contributed by atoms with Gasteiger partial charge in [0.25, 0.3) is 0 Å². The molecule has 1 rings (SSSR count). The fourth-order valence-electron chi connectivity index (χ4n) is 1.92. The minimum absolute atomic E-state index is 0.403. The average Bonchev–Trinajstić information content (AvgIpc) is 2.47. The van der Waals surface area contributed by atoms with Crippen molar-refractivity contribution < 1.29 is 14.7 Å². The number of nitrogens with zero attached hydrogens (tertiary/aromatic N) is 1. The Morgan fingerprint density at radius 3 is 2.43 bits per heavy atom. The number of carbonyl (C=O) groups is 2. The van der Waals surface area contributed by atoms with Gasteiger partial charge in [0.15, 0.2) is 5.54 Å². The maximum Gasteiger partial charge on any atom is 0.333 e. The average molecular weight is 293 g/mol. The Hall–Kier alpha value is -2.08. The molecule has 6 nitrogen and oxygen atoms in total. The van der Waals surface area contributed by atoms with Crippen molar-refractivity contribution in [3.05, 3.63) is 35.9 Å². The van der Waals surface area contributed by atoms with Gasteiger partial charge in [0.1, 0.15) is 0 Å². The van der Waals surface area contributed by atoms with Crippen LogP contribution in [0.5, 0.6) is 0 Å². The molecule has 0 bridgehead atoms. The SMILES string of the molecule is CNCCCN(C)C(=O)NC(C)(C(=O)O)c1ccccc1. The molecule has 0 saturated heterocycles. The first-order chi connectivity index (χ1) is 9.91. The van der Waals surface area contributed by atoms with Crippen molar-refractivity contribution in [2.75, 3.05) is 27.2 Å². The third kappa shape index (κ3) is 4.46. The molecular weight excluding hydrogens is 270 g/mol. The number of benzene rings is 1. The van der Waals surface area contributed by atoms with Crippen molar-refractivity contribution in [1.29, 1.82) is 0 Å². The summed E-state index contributed by atoms with van der Waals surface area (Å²) in [7, 11) is 3.50. The third-order valence-corrected chi connectivity index (χ3v) is 3.40. The first-order valence-corrected chi connectivity index (χ1v) is 6.88. The lowest BCUT2D eigenvalue weighted by Gasteiger charge is -2.29. The molecule has 3 N–H and O–H groups in total. The van der Waals surface area contributed by atoms with Crippen molar-refractivity contribution >= 4 is 12.0 Å². The van der Waals surface area contributed by atoms with Crippen molar-refractivity contribution in [1.82, 2.24) is 15.5 Å². The van der Waals surface area contributed by atoms with E-state index in [0.717, 1.165) is 13.0 Å². The smallest absolute Gasteiger partial charge is 0.333 e. The van der Waals surface area contributed by atoms with Gasteiger partial charge in [0.2, 0.25) is 0 Å². The van der Waals surface area contributed by atoms with Gasteiger partial charge in [-0.1, -0.05) is 30.3 Å². The largest absolute Gasteiger partial charge is 0.479 e. The van der Waals surface area contributed by atoms with Crippen molar-refractivity contribution in [3.8, 4) is 0 Å². The molecule has 0 aromatic heterocycles. The second-order valence-electron chi connectivity index (χ2n) is 5.10. The topological polar surface area (TPSA) is 81.7 Å². The quantitative estimate of drug-likeness (QED) is 0.661. The van der Waals surface area contributed by atoms with E-state index in [1.165, 1.54) is 11.8 Å². The molecule has 1 aromatic rings. The first-order valence-electron chi connectivity index (χ1n) is 6.88. The summed E-state index contributed by atoms with van der Waals surface area (Å²) in [6.07, 6.45) is 0.801. The van der Waals surface area contributed by atoms with Gasteiger partial charge in [-0.2, -0.15) is 0 Å². The summed E-state index contributed by atoms with van der Waals surface area (Å²) in [6.45, 7) is 2.84. The van der Waals surface area contributed by atoms with E-state index in [0.29, 0.717) is 12.1 Å². The normalized spacial score (nSPS) is 13.3. The molecule has 6 heteroatoms. The highest BCUT2D eigenvalue weighted by Crippen LogP contribution is 2.21. The van der Waals surface area contributed by atoms with Crippen molar-refractivity contribution in [2.24, 2.45) is 0 Å². The number of hydrogen-bond acceptors (Lipinski definition) is 3. The van der Waals surface area contributed by atoms with Gasteiger partial charge in [-0.3, -0.25) is 0 Å². The number of aliphatic carboxylic acids is 1. The lowest BCUT2D eigenvalue weighted by molar-refractivity contribution is -0.144. The van der Waals surface area contributed by atoms with Gasteiger partial charge in [-0.25, -0.2) is 9.59 Å². The summed E-state index contributed by atoms with van der Waals surface area (Å²) in [5, 5.41) is 15.1. The highest BCUT2D eigenvalue weighted by molar-refractivity contribution is 5.87. The monoisotopic (exact) mass is 293 g/mol. The zero-order chi connectivity index (χ0) is 15.9. The van der Waals surface area contributed by atoms with Crippen LogP contribution >= 0.6 is 0 Å². The van der Waals surface area contributed by atoms with Crippen LogP contribution < -0.4 is 10.6 Å². The summed E-state index contributed by atoms with van der Waals surface area (Å²) in [6, 6.07) is 8.28. The minimum atomic E-state index is -1.45. The van der Waals surface area contributed by atoms with E-state index >= 15 is 0 Å². The Kier molecular flexibility index (Phi) is 6.17. The summed E-state index contributed by atoms with van der Waals surface area (Å²) < 4.78 is 0. The van der Waals surface area contributed by atoms with Gasteiger partial charge >= 0.3 is 12.0 Å². The van der Waals surface area contributed by atoms with Gasteiger partial charge in [0, 0.05) is 13.6 Å². The van der Waals surface area contributed by atoms with Crippen molar-refractivity contribution in [2.45, 2.75) is 18.9 Å². The maximum atomic E-state index is 12.2. The van der Waals surface area contributed by atoms with Gasteiger partial charge < -0.3 is 20.6 Å². The summed E-state index contributed by atoms with van der Waals surface area (Å²) >= 11 is 0. The van der Waals surface area contributed by atoms with Crippen LogP contribution in [-0.2, 0) is 10.3 Å². The lowest BCUT2D eigenvalue weighted by atomic mass is 9.92. The molecule has 0 spiro atoms. The number of nitrogens with one attached hydrogen (secondary N) is 2. The molecule has 0 aliphatic rings. The van der Waals surface area contributed by atoms with Crippen LogP contribution in [0.15, 0.2) is 30.3 Å². The Labute approximate surface area is 125 Å². The first kappa shape index (κ1) is 17.0. The molecule has 21 heavy (non-hydrogen) atoms. The third-order valence-electron chi connectivity index (χ3n) is 3.40. The van der Waals surface area contributed by atoms with Crippen molar-refractivity contribution in [3.63, 3.8) is 0 Å². The second kappa shape index (κ2) is 7.64. The van der Waals surface area contributed by atoms with Crippen LogP contribution in [0.2, 0.25) is 0 Å². The number of carbonyl (C=O) groups excluding carboxylic acids is 1. The Bertz CT molecular complexity index is 478. The van der Waals surface area contributed by atoms with Crippen LogP contribution in [0.3, 0.4) is 0 Å². The summed E-state index contributed by atoms with van der Waals surface area (Å²) in [5.41, 5.74) is -0.912. The number of urea groups is 1. The van der Waals surface area contributed by atoms with E-state index in [2.05, 4.69) is 10.6 Å².